The molecule has 0 spiro atoms. The van der Waals surface area contributed by atoms with Gasteiger partial charge in [-0.3, -0.25) is 24.0 Å². The lowest BCUT2D eigenvalue weighted by molar-refractivity contribution is -0.282. The molecule has 0 radical (unpaired) electrons. The molecule has 0 N–H and O–H groups in total. The van der Waals surface area contributed by atoms with Gasteiger partial charge in [-0.2, -0.15) is 0 Å². The van der Waals surface area contributed by atoms with E-state index in [1.165, 1.54) is 72.5 Å². The number of esters is 5. The molecule has 55 heavy (non-hydrogen) atoms. The van der Waals surface area contributed by atoms with E-state index < -0.39 is 90.3 Å². The van der Waals surface area contributed by atoms with Gasteiger partial charge in [-0.15, -0.1) is 0 Å². The molecular formula is C39H39F2NO13. The van der Waals surface area contributed by atoms with Crippen LogP contribution in [0.4, 0.5) is 14.5 Å². The van der Waals surface area contributed by atoms with Gasteiger partial charge < -0.3 is 38.1 Å². The third-order valence-electron chi connectivity index (χ3n) is 8.92. The van der Waals surface area contributed by atoms with E-state index in [4.69, 9.17) is 33.2 Å². The topological polar surface area (TPSA) is 170 Å². The number of carbonyl (C=O) groups excluding carboxylic acids is 6. The quantitative estimate of drug-likeness (QED) is 0.132. The van der Waals surface area contributed by atoms with Crippen molar-refractivity contribution >= 4 is 41.4 Å². The summed E-state index contributed by atoms with van der Waals surface area (Å²) in [6, 6.07) is 16.7. The van der Waals surface area contributed by atoms with Crippen molar-refractivity contribution < 1.29 is 70.7 Å². The maximum Gasteiger partial charge on any atom is 0.339 e. The molecule has 3 aromatic carbocycles. The Hall–Kier alpha value is -5.90. The van der Waals surface area contributed by atoms with Gasteiger partial charge in [0.15, 0.2) is 18.3 Å². The lowest BCUT2D eigenvalue weighted by Crippen LogP contribution is -2.64. The second-order valence-electron chi connectivity index (χ2n) is 12.8. The minimum atomic E-state index is -1.66. The number of benzene rings is 3. The number of halogens is 2. The normalized spacial score (nSPS) is 23.7. The zero-order valence-electron chi connectivity index (χ0n) is 30.5. The second-order valence-corrected chi connectivity index (χ2v) is 12.8. The minimum absolute atomic E-state index is 0.129. The minimum Gasteiger partial charge on any atom is -0.467 e. The van der Waals surface area contributed by atoms with E-state index in [1.807, 2.05) is 0 Å². The summed E-state index contributed by atoms with van der Waals surface area (Å²) >= 11 is 0. The van der Waals surface area contributed by atoms with Gasteiger partial charge in [-0.1, -0.05) is 24.3 Å². The van der Waals surface area contributed by atoms with Crippen molar-refractivity contribution in [3.05, 3.63) is 95.6 Å². The van der Waals surface area contributed by atoms with Crippen LogP contribution < -0.4 is 9.64 Å². The van der Waals surface area contributed by atoms with Crippen LogP contribution >= 0.6 is 0 Å². The van der Waals surface area contributed by atoms with Crippen molar-refractivity contribution in [3.63, 3.8) is 0 Å². The summed E-state index contributed by atoms with van der Waals surface area (Å²) in [5.74, 6) is -5.77. The van der Waals surface area contributed by atoms with Crippen molar-refractivity contribution in [1.82, 2.24) is 0 Å². The molecule has 16 heteroatoms. The molecule has 2 fully saturated rings. The van der Waals surface area contributed by atoms with Crippen LogP contribution in [0, 0.1) is 17.6 Å². The predicted octanol–water partition coefficient (Wildman–Crippen LogP) is 4.83. The third kappa shape index (κ3) is 9.62. The molecule has 292 valence electrons. The zero-order valence-corrected chi connectivity index (χ0v) is 30.5. The molecule has 0 aromatic heterocycles. The van der Waals surface area contributed by atoms with E-state index in [0.717, 1.165) is 27.9 Å². The Kier molecular flexibility index (Phi) is 12.8. The molecule has 0 unspecified atom stereocenters. The molecule has 0 aliphatic carbocycles. The first kappa shape index (κ1) is 40.3. The third-order valence-corrected chi connectivity index (χ3v) is 8.92. The number of carbonyl (C=O) groups is 6. The number of anilines is 1. The summed E-state index contributed by atoms with van der Waals surface area (Å²) in [5, 5.41) is 0. The maximum absolute atomic E-state index is 13.9. The van der Waals surface area contributed by atoms with Gasteiger partial charge in [0, 0.05) is 33.4 Å². The van der Waals surface area contributed by atoms with Gasteiger partial charge in [-0.05, 0) is 72.5 Å². The number of ether oxygens (including phenoxy) is 7. The van der Waals surface area contributed by atoms with Gasteiger partial charge in [0.25, 0.3) is 0 Å². The number of β-lactam (4-membered cyclic amide) rings is 1. The van der Waals surface area contributed by atoms with Gasteiger partial charge >= 0.3 is 29.8 Å². The lowest BCUT2D eigenvalue weighted by atomic mass is 9.78. The highest BCUT2D eigenvalue weighted by Gasteiger charge is 2.56. The molecule has 2 aliphatic heterocycles. The lowest BCUT2D eigenvalue weighted by Gasteiger charge is -2.48. The maximum atomic E-state index is 13.9. The highest BCUT2D eigenvalue weighted by atomic mass is 19.1. The fourth-order valence-corrected chi connectivity index (χ4v) is 6.66. The Morgan fingerprint density at radius 1 is 0.727 bits per heavy atom. The van der Waals surface area contributed by atoms with E-state index in [-0.39, 0.29) is 24.5 Å². The summed E-state index contributed by atoms with van der Waals surface area (Å²) in [6.07, 6.45) is -8.18. The van der Waals surface area contributed by atoms with Gasteiger partial charge in [0.2, 0.25) is 18.3 Å². The average molecular weight is 768 g/mol. The first-order valence-corrected chi connectivity index (χ1v) is 17.2. The van der Waals surface area contributed by atoms with Crippen LogP contribution in [-0.4, -0.2) is 73.6 Å². The van der Waals surface area contributed by atoms with Crippen molar-refractivity contribution in [2.45, 2.75) is 83.4 Å². The van der Waals surface area contributed by atoms with Crippen molar-refractivity contribution in [1.29, 1.82) is 0 Å². The zero-order chi connectivity index (χ0) is 40.0. The van der Waals surface area contributed by atoms with Crippen molar-refractivity contribution in [2.75, 3.05) is 12.0 Å². The van der Waals surface area contributed by atoms with E-state index in [0.29, 0.717) is 16.8 Å². The molecule has 2 aliphatic rings. The number of nitrogens with zero attached hydrogens (tertiary/aromatic N) is 1. The predicted molar refractivity (Wildman–Crippen MR) is 185 cm³/mol. The molecule has 1 amide bonds. The molecule has 0 bridgehead atoms. The highest BCUT2D eigenvalue weighted by Crippen LogP contribution is 2.47. The molecule has 3 aromatic rings. The fourth-order valence-electron chi connectivity index (χ4n) is 6.66. The Labute approximate surface area is 314 Å². The Bertz CT molecular complexity index is 1890. The summed E-state index contributed by atoms with van der Waals surface area (Å²) in [5.41, 5.74) is 1.63. The number of methoxy groups -OCH3 is 1. The van der Waals surface area contributed by atoms with Crippen LogP contribution in [0.5, 0.6) is 5.75 Å². The molecule has 2 saturated heterocycles. The fraction of sp³-hybridized carbons (Fsp3) is 0.385. The molecule has 8 atom stereocenters. The summed E-state index contributed by atoms with van der Waals surface area (Å²) < 4.78 is 65.9. The van der Waals surface area contributed by atoms with Crippen LogP contribution in [0.15, 0.2) is 72.8 Å². The number of hydrogen-bond acceptors (Lipinski definition) is 13. The van der Waals surface area contributed by atoms with Gasteiger partial charge in [0.05, 0.1) is 19.1 Å². The van der Waals surface area contributed by atoms with Crippen LogP contribution in [0.3, 0.4) is 0 Å². The molecule has 0 saturated carbocycles. The second kappa shape index (κ2) is 17.5. The largest absolute Gasteiger partial charge is 0.467 e. The Morgan fingerprint density at radius 2 is 1.27 bits per heavy atom. The van der Waals surface area contributed by atoms with Crippen LogP contribution in [0.2, 0.25) is 0 Å². The molecular weight excluding hydrogens is 728 g/mol. The first-order chi connectivity index (χ1) is 26.2. The van der Waals surface area contributed by atoms with Crippen molar-refractivity contribution in [3.8, 4) is 5.75 Å². The van der Waals surface area contributed by atoms with E-state index in [9.17, 15) is 37.5 Å². The highest BCUT2D eigenvalue weighted by molar-refractivity contribution is 6.03. The van der Waals surface area contributed by atoms with Crippen LogP contribution in [0.25, 0.3) is 0 Å². The van der Waals surface area contributed by atoms with Crippen LogP contribution in [0.1, 0.15) is 63.8 Å². The SMILES string of the molecule is COC(=O)[C@H]1O[C@@H](Oc2ccc([C@@H]3[C@@H](CC[C@H](OC(C)=O)c4ccc(F)cc4)C(=O)N3c3ccc(F)cc3)cc2)[C@H](OC(C)=O)[C@@H](OC(C)=O)[C@@H]1OC(C)=O. The molecule has 5 rings (SSSR count). The molecule has 14 nitrogen and oxygen atoms in total. The average Bonchev–Trinajstić information content (AvgIpc) is 3.13. The van der Waals surface area contributed by atoms with Gasteiger partial charge in [0.1, 0.15) is 23.5 Å². The number of amides is 1. The summed E-state index contributed by atoms with van der Waals surface area (Å²) in [6.45, 7) is 4.47. The Balaban J connectivity index is 1.43. The smallest absolute Gasteiger partial charge is 0.339 e. The van der Waals surface area contributed by atoms with E-state index in [1.54, 1.807) is 12.1 Å². The van der Waals surface area contributed by atoms with Gasteiger partial charge in [-0.25, -0.2) is 13.6 Å². The number of rotatable bonds is 13. The summed E-state index contributed by atoms with van der Waals surface area (Å²) in [4.78, 5) is 76.3. The van der Waals surface area contributed by atoms with E-state index >= 15 is 0 Å². The monoisotopic (exact) mass is 767 g/mol. The molecule has 2 heterocycles. The van der Waals surface area contributed by atoms with Crippen molar-refractivity contribution in [2.24, 2.45) is 5.92 Å². The number of hydrogen-bond donors (Lipinski definition) is 0. The first-order valence-electron chi connectivity index (χ1n) is 17.2. The van der Waals surface area contributed by atoms with Crippen LogP contribution in [-0.2, 0) is 57.2 Å². The Morgan fingerprint density at radius 3 is 1.82 bits per heavy atom. The van der Waals surface area contributed by atoms with E-state index in [2.05, 4.69) is 0 Å². The standard InChI is InChI=1S/C39H39F2NO13/c1-20(43)50-31(24-6-10-26(40)11-7-24)19-18-30-32(42(37(30)47)28-14-12-27(41)13-15-28)25-8-16-29(17-9-25)54-39-36(53-23(4)46)34(52-22(3)45)33(51-21(2)44)35(55-39)38(48)49-5/h6-17,30-36,39H,18-19H2,1-5H3/t30-,31+,32-,33+,34+,35+,36-,39-/m1/s1. The summed E-state index contributed by atoms with van der Waals surface area (Å²) in [7, 11) is 1.07.